The van der Waals surface area contributed by atoms with Crippen molar-refractivity contribution in [3.05, 3.63) is 47.2 Å². The third-order valence-corrected chi connectivity index (χ3v) is 7.14. The van der Waals surface area contributed by atoms with Crippen LogP contribution in [0.25, 0.3) is 0 Å². The second kappa shape index (κ2) is 10.8. The van der Waals surface area contributed by atoms with Crippen molar-refractivity contribution in [3.8, 4) is 5.75 Å². The summed E-state index contributed by atoms with van der Waals surface area (Å²) in [5, 5.41) is 4.94. The minimum atomic E-state index is -0.451. The molecule has 0 bridgehead atoms. The smallest absolute Gasteiger partial charge is 0.272 e. The Labute approximate surface area is 207 Å². The van der Waals surface area contributed by atoms with Gasteiger partial charge >= 0.3 is 0 Å². The van der Waals surface area contributed by atoms with E-state index in [0.29, 0.717) is 42.6 Å². The summed E-state index contributed by atoms with van der Waals surface area (Å²) in [6.07, 6.45) is 7.00. The molecule has 2 fully saturated rings. The molecular formula is C26H35ClN4O3. The van der Waals surface area contributed by atoms with Crippen molar-refractivity contribution in [2.24, 2.45) is 5.41 Å². The molecule has 8 heteroatoms. The zero-order chi connectivity index (χ0) is 24.1. The second-order valence-corrected chi connectivity index (χ2v) is 10.4. The van der Waals surface area contributed by atoms with Crippen LogP contribution in [-0.2, 0) is 4.79 Å². The van der Waals surface area contributed by atoms with E-state index in [0.717, 1.165) is 38.8 Å². The Kier molecular flexibility index (Phi) is 7.81. The molecule has 2 saturated heterocycles. The highest BCUT2D eigenvalue weighted by atomic mass is 35.5. The quantitative estimate of drug-likeness (QED) is 0.562. The first-order chi connectivity index (χ1) is 16.4. The molecule has 0 spiro atoms. The maximum Gasteiger partial charge on any atom is 0.272 e. The average Bonchev–Trinajstić information content (AvgIpc) is 3.34. The van der Waals surface area contributed by atoms with Crippen LogP contribution in [-0.4, -0.2) is 64.2 Å². The summed E-state index contributed by atoms with van der Waals surface area (Å²) in [6, 6.07) is 9.19. The number of rotatable bonds is 7. The average molecular weight is 487 g/mol. The van der Waals surface area contributed by atoms with Gasteiger partial charge in [0.15, 0.2) is 0 Å². The van der Waals surface area contributed by atoms with E-state index in [-0.39, 0.29) is 17.9 Å². The summed E-state index contributed by atoms with van der Waals surface area (Å²) in [5.74, 6) is 0.804. The van der Waals surface area contributed by atoms with Crippen LogP contribution >= 0.6 is 11.6 Å². The SMILES string of the molecule is CC(C)n1nccc1C(=O)N1CCC[C@](COc2cccc(Cl)c2)(CC(=O)N2CCCCC2)C1. The van der Waals surface area contributed by atoms with Crippen molar-refractivity contribution in [2.75, 3.05) is 32.8 Å². The summed E-state index contributed by atoms with van der Waals surface area (Å²) in [7, 11) is 0. The van der Waals surface area contributed by atoms with Gasteiger partial charge in [-0.05, 0) is 70.2 Å². The first-order valence-corrected chi connectivity index (χ1v) is 12.7. The molecule has 184 valence electrons. The predicted molar refractivity (Wildman–Crippen MR) is 132 cm³/mol. The second-order valence-electron chi connectivity index (χ2n) is 9.95. The van der Waals surface area contributed by atoms with E-state index in [1.807, 2.05) is 41.8 Å². The summed E-state index contributed by atoms with van der Waals surface area (Å²) < 4.78 is 7.95. The van der Waals surface area contributed by atoms with Crippen LogP contribution in [0.5, 0.6) is 5.75 Å². The van der Waals surface area contributed by atoms with Gasteiger partial charge in [-0.15, -0.1) is 0 Å². The van der Waals surface area contributed by atoms with Crippen LogP contribution in [0, 0.1) is 5.41 Å². The van der Waals surface area contributed by atoms with Gasteiger partial charge in [-0.25, -0.2) is 0 Å². The number of halogens is 1. The zero-order valence-electron chi connectivity index (χ0n) is 20.2. The Morgan fingerprint density at radius 2 is 1.85 bits per heavy atom. The van der Waals surface area contributed by atoms with E-state index in [2.05, 4.69) is 5.10 Å². The summed E-state index contributed by atoms with van der Waals surface area (Å²) >= 11 is 6.15. The van der Waals surface area contributed by atoms with Crippen molar-refractivity contribution in [1.29, 1.82) is 0 Å². The van der Waals surface area contributed by atoms with Gasteiger partial charge in [-0.2, -0.15) is 5.10 Å². The van der Waals surface area contributed by atoms with Gasteiger partial charge in [-0.3, -0.25) is 14.3 Å². The Morgan fingerprint density at radius 1 is 1.09 bits per heavy atom. The molecule has 2 aliphatic rings. The third kappa shape index (κ3) is 5.74. The number of piperidine rings is 2. The van der Waals surface area contributed by atoms with Gasteiger partial charge in [0.2, 0.25) is 5.91 Å². The Bertz CT molecular complexity index is 1000. The highest BCUT2D eigenvalue weighted by molar-refractivity contribution is 6.30. The molecule has 0 aliphatic carbocycles. The van der Waals surface area contributed by atoms with E-state index in [1.54, 1.807) is 23.0 Å². The van der Waals surface area contributed by atoms with Crippen molar-refractivity contribution < 1.29 is 14.3 Å². The molecule has 0 radical (unpaired) electrons. The first-order valence-electron chi connectivity index (χ1n) is 12.4. The molecule has 1 aromatic carbocycles. The van der Waals surface area contributed by atoms with E-state index in [4.69, 9.17) is 16.3 Å². The van der Waals surface area contributed by atoms with Crippen LogP contribution in [0.3, 0.4) is 0 Å². The van der Waals surface area contributed by atoms with E-state index in [9.17, 15) is 9.59 Å². The van der Waals surface area contributed by atoms with Crippen LogP contribution in [0.4, 0.5) is 0 Å². The molecule has 34 heavy (non-hydrogen) atoms. The van der Waals surface area contributed by atoms with Gasteiger partial charge in [0, 0.05) is 55.3 Å². The van der Waals surface area contributed by atoms with Crippen LogP contribution in [0.15, 0.2) is 36.5 Å². The lowest BCUT2D eigenvalue weighted by Gasteiger charge is -2.43. The van der Waals surface area contributed by atoms with Crippen LogP contribution < -0.4 is 4.74 Å². The topological polar surface area (TPSA) is 67.7 Å². The van der Waals surface area contributed by atoms with E-state index >= 15 is 0 Å². The molecule has 0 N–H and O–H groups in total. The Morgan fingerprint density at radius 3 is 2.59 bits per heavy atom. The molecule has 0 unspecified atom stereocenters. The van der Waals surface area contributed by atoms with Crippen molar-refractivity contribution in [3.63, 3.8) is 0 Å². The van der Waals surface area contributed by atoms with Gasteiger partial charge in [0.25, 0.3) is 5.91 Å². The normalized spacial score (nSPS) is 21.1. The molecule has 0 saturated carbocycles. The van der Waals surface area contributed by atoms with E-state index < -0.39 is 5.41 Å². The van der Waals surface area contributed by atoms with Crippen LogP contribution in [0.2, 0.25) is 5.02 Å². The number of nitrogens with zero attached hydrogens (tertiary/aromatic N) is 4. The first kappa shape index (κ1) is 24.6. The van der Waals surface area contributed by atoms with Crippen molar-refractivity contribution in [1.82, 2.24) is 19.6 Å². The number of hydrogen-bond donors (Lipinski definition) is 0. The number of amides is 2. The molecule has 4 rings (SSSR count). The molecule has 2 aromatic rings. The maximum absolute atomic E-state index is 13.5. The van der Waals surface area contributed by atoms with Crippen molar-refractivity contribution in [2.45, 2.75) is 58.4 Å². The van der Waals surface area contributed by atoms with Gasteiger partial charge in [0.05, 0.1) is 6.61 Å². The highest BCUT2D eigenvalue weighted by Crippen LogP contribution is 2.36. The summed E-state index contributed by atoms with van der Waals surface area (Å²) in [5.41, 5.74) is 0.136. The molecule has 7 nitrogen and oxygen atoms in total. The number of likely N-dealkylation sites (tertiary alicyclic amines) is 2. The lowest BCUT2D eigenvalue weighted by molar-refractivity contribution is -0.136. The summed E-state index contributed by atoms with van der Waals surface area (Å²) in [6.45, 7) is 7.18. The fourth-order valence-electron chi connectivity index (χ4n) is 5.12. The lowest BCUT2D eigenvalue weighted by atomic mass is 9.77. The van der Waals surface area contributed by atoms with Gasteiger partial charge < -0.3 is 14.5 Å². The number of benzene rings is 1. The molecular weight excluding hydrogens is 452 g/mol. The molecule has 2 amide bonds. The fourth-order valence-corrected chi connectivity index (χ4v) is 5.30. The standard InChI is InChI=1S/C26H35ClN4O3/c1-20(2)31-23(10-12-28-31)25(33)30-15-7-11-26(18-30,17-24(32)29-13-4-3-5-14-29)19-34-22-9-6-8-21(27)16-22/h6,8-10,12,16,20H,3-5,7,11,13-15,17-19H2,1-2H3/t26-/m0/s1. The monoisotopic (exact) mass is 486 g/mol. The molecule has 3 heterocycles. The molecule has 1 atom stereocenters. The summed E-state index contributed by atoms with van der Waals surface area (Å²) in [4.78, 5) is 30.7. The molecule has 1 aromatic heterocycles. The van der Waals surface area contributed by atoms with Crippen LogP contribution in [0.1, 0.15) is 68.9 Å². The van der Waals surface area contributed by atoms with Gasteiger partial charge in [-0.1, -0.05) is 17.7 Å². The van der Waals surface area contributed by atoms with E-state index in [1.165, 1.54) is 6.42 Å². The minimum Gasteiger partial charge on any atom is -0.493 e. The zero-order valence-corrected chi connectivity index (χ0v) is 21.0. The Balaban J connectivity index is 1.55. The maximum atomic E-state index is 13.5. The lowest BCUT2D eigenvalue weighted by Crippen LogP contribution is -2.51. The van der Waals surface area contributed by atoms with Gasteiger partial charge in [0.1, 0.15) is 11.4 Å². The predicted octanol–water partition coefficient (Wildman–Crippen LogP) is 4.82. The number of hydrogen-bond acceptors (Lipinski definition) is 4. The van der Waals surface area contributed by atoms with Crippen molar-refractivity contribution >= 4 is 23.4 Å². The number of carbonyl (C=O) groups excluding carboxylic acids is 2. The fraction of sp³-hybridized carbons (Fsp3) is 0.577. The number of aromatic nitrogens is 2. The largest absolute Gasteiger partial charge is 0.493 e. The minimum absolute atomic E-state index is 0.0385. The highest BCUT2D eigenvalue weighted by Gasteiger charge is 2.41. The Hall–Kier alpha value is -2.54. The number of ether oxygens (including phenoxy) is 1. The molecule has 2 aliphatic heterocycles. The number of carbonyl (C=O) groups is 2. The third-order valence-electron chi connectivity index (χ3n) is 6.90.